The van der Waals surface area contributed by atoms with Gasteiger partial charge in [0.25, 0.3) is 0 Å². The van der Waals surface area contributed by atoms with Crippen molar-refractivity contribution in [1.29, 1.82) is 0 Å². The molecule has 0 aromatic heterocycles. The fourth-order valence-electron chi connectivity index (χ4n) is 1.63. The number of likely N-dealkylation sites (tertiary alicyclic amines) is 1. The largest absolute Gasteiger partial charge is 0.298 e. The number of likely N-dealkylation sites (N-methyl/N-ethyl adjacent to an activating group) is 1. The van der Waals surface area contributed by atoms with Gasteiger partial charge in [-0.25, -0.2) is 5.01 Å². The van der Waals surface area contributed by atoms with E-state index in [0.29, 0.717) is 0 Å². The van der Waals surface area contributed by atoms with E-state index < -0.39 is 0 Å². The van der Waals surface area contributed by atoms with E-state index in [9.17, 15) is 0 Å². The lowest BCUT2D eigenvalue weighted by Gasteiger charge is -2.40. The van der Waals surface area contributed by atoms with Crippen LogP contribution < -0.4 is 5.43 Å². The Bertz CT molecular complexity index is 182. The van der Waals surface area contributed by atoms with Gasteiger partial charge in [-0.2, -0.15) is 0 Å². The summed E-state index contributed by atoms with van der Waals surface area (Å²) in [4.78, 5) is 2.34. The molecule has 0 aliphatic carbocycles. The van der Waals surface area contributed by atoms with Crippen LogP contribution in [-0.2, 0) is 0 Å². The first-order valence-electron chi connectivity index (χ1n) is 4.10. The normalized spacial score (nSPS) is 26.7. The molecule has 0 spiro atoms. The summed E-state index contributed by atoms with van der Waals surface area (Å²) in [7, 11) is 4.15. The molecule has 0 aromatic carbocycles. The van der Waals surface area contributed by atoms with Crippen molar-refractivity contribution >= 4 is 0 Å². The Kier molecular flexibility index (Phi) is 1.71. The molecule has 3 nitrogen and oxygen atoms in total. The molecule has 0 atom stereocenters. The van der Waals surface area contributed by atoms with E-state index in [1.165, 1.54) is 13.1 Å². The second kappa shape index (κ2) is 2.59. The summed E-state index contributed by atoms with van der Waals surface area (Å²) >= 11 is 0. The first kappa shape index (κ1) is 7.28. The first-order valence-corrected chi connectivity index (χ1v) is 4.10. The molecule has 0 bridgehead atoms. The van der Waals surface area contributed by atoms with Crippen molar-refractivity contribution in [1.82, 2.24) is 15.3 Å². The van der Waals surface area contributed by atoms with Crippen molar-refractivity contribution in [3.63, 3.8) is 0 Å². The van der Waals surface area contributed by atoms with E-state index in [-0.39, 0.29) is 0 Å². The fraction of sp³-hybridized carbons (Fsp3) is 0.750. The standard InChI is InChI=1S/C8H15N3/c1-9-11-5-8(6-11)7-3-10(2)4-7/h9H,3-6H2,1-2H3. The quantitative estimate of drug-likeness (QED) is 0.521. The van der Waals surface area contributed by atoms with Crippen LogP contribution in [0.2, 0.25) is 0 Å². The Morgan fingerprint density at radius 1 is 1.09 bits per heavy atom. The zero-order valence-corrected chi connectivity index (χ0v) is 7.22. The molecule has 1 N–H and O–H groups in total. The van der Waals surface area contributed by atoms with Crippen LogP contribution >= 0.6 is 0 Å². The minimum atomic E-state index is 1.14. The molecule has 0 unspecified atom stereocenters. The molecule has 2 fully saturated rings. The maximum Gasteiger partial charge on any atom is 0.0361 e. The highest BCUT2D eigenvalue weighted by molar-refractivity contribution is 5.29. The summed E-state index contributed by atoms with van der Waals surface area (Å²) in [5, 5.41) is 2.22. The summed E-state index contributed by atoms with van der Waals surface area (Å²) in [5.41, 5.74) is 6.45. The molecule has 0 saturated carbocycles. The third-order valence-electron chi connectivity index (χ3n) is 2.50. The number of hydrazine groups is 1. The molecule has 2 rings (SSSR count). The smallest absolute Gasteiger partial charge is 0.0361 e. The first-order chi connectivity index (χ1) is 5.29. The lowest BCUT2D eigenvalue weighted by atomic mass is 9.97. The SMILES string of the molecule is CNN1CC(=C2CN(C)C2)C1. The van der Waals surface area contributed by atoms with Crippen LogP contribution in [0.4, 0.5) is 0 Å². The molecule has 11 heavy (non-hydrogen) atoms. The molecular weight excluding hydrogens is 138 g/mol. The summed E-state index contributed by atoms with van der Waals surface area (Å²) in [5.74, 6) is 0. The highest BCUT2D eigenvalue weighted by atomic mass is 15.5. The number of nitrogens with one attached hydrogen (secondary N) is 1. The highest BCUT2D eigenvalue weighted by Gasteiger charge is 2.26. The molecule has 2 heterocycles. The van der Waals surface area contributed by atoms with Gasteiger partial charge in [0, 0.05) is 26.2 Å². The van der Waals surface area contributed by atoms with Gasteiger partial charge in [0.15, 0.2) is 0 Å². The summed E-state index contributed by atoms with van der Waals surface area (Å²) in [6.07, 6.45) is 0. The van der Waals surface area contributed by atoms with E-state index in [1.807, 2.05) is 7.05 Å². The monoisotopic (exact) mass is 153 g/mol. The van der Waals surface area contributed by atoms with Gasteiger partial charge in [0.2, 0.25) is 0 Å². The van der Waals surface area contributed by atoms with Crippen LogP contribution in [0.15, 0.2) is 11.1 Å². The van der Waals surface area contributed by atoms with E-state index in [0.717, 1.165) is 13.1 Å². The topological polar surface area (TPSA) is 18.5 Å². The van der Waals surface area contributed by atoms with Crippen LogP contribution in [0, 0.1) is 0 Å². The Hall–Kier alpha value is -0.380. The van der Waals surface area contributed by atoms with Crippen LogP contribution in [0.1, 0.15) is 0 Å². The summed E-state index contributed by atoms with van der Waals surface area (Å²) < 4.78 is 0. The van der Waals surface area contributed by atoms with E-state index in [4.69, 9.17) is 0 Å². The van der Waals surface area contributed by atoms with Gasteiger partial charge in [-0.3, -0.25) is 10.3 Å². The Morgan fingerprint density at radius 2 is 1.64 bits per heavy atom. The average Bonchev–Trinajstić information content (AvgIpc) is 1.81. The Labute approximate surface area is 67.6 Å². The van der Waals surface area contributed by atoms with Crippen molar-refractivity contribution in [2.24, 2.45) is 0 Å². The Morgan fingerprint density at radius 3 is 2.09 bits per heavy atom. The molecule has 0 amide bonds. The number of hydrogen-bond donors (Lipinski definition) is 1. The molecule has 2 saturated heterocycles. The molecule has 62 valence electrons. The van der Waals surface area contributed by atoms with Crippen LogP contribution in [0.25, 0.3) is 0 Å². The van der Waals surface area contributed by atoms with Crippen LogP contribution in [0.3, 0.4) is 0 Å². The maximum absolute atomic E-state index is 3.13. The zero-order chi connectivity index (χ0) is 7.84. The van der Waals surface area contributed by atoms with Gasteiger partial charge in [0.1, 0.15) is 0 Å². The van der Waals surface area contributed by atoms with Gasteiger partial charge < -0.3 is 0 Å². The molecule has 2 aliphatic rings. The molecule has 3 heteroatoms. The Balaban J connectivity index is 1.86. The second-order valence-corrected chi connectivity index (χ2v) is 3.46. The minimum absolute atomic E-state index is 1.14. The van der Waals surface area contributed by atoms with Crippen molar-refractivity contribution < 1.29 is 0 Å². The number of rotatable bonds is 1. The summed E-state index contributed by atoms with van der Waals surface area (Å²) in [6.45, 7) is 4.68. The molecular formula is C8H15N3. The van der Waals surface area contributed by atoms with Crippen LogP contribution in [0.5, 0.6) is 0 Å². The zero-order valence-electron chi connectivity index (χ0n) is 7.22. The van der Waals surface area contributed by atoms with Gasteiger partial charge in [-0.1, -0.05) is 0 Å². The van der Waals surface area contributed by atoms with E-state index >= 15 is 0 Å². The van der Waals surface area contributed by atoms with Gasteiger partial charge >= 0.3 is 0 Å². The third-order valence-corrected chi connectivity index (χ3v) is 2.50. The highest BCUT2D eigenvalue weighted by Crippen LogP contribution is 2.22. The van der Waals surface area contributed by atoms with Crippen molar-refractivity contribution in [3.05, 3.63) is 11.1 Å². The third kappa shape index (κ3) is 1.20. The van der Waals surface area contributed by atoms with Gasteiger partial charge in [-0.05, 0) is 25.2 Å². The summed E-state index contributed by atoms with van der Waals surface area (Å²) in [6, 6.07) is 0. The predicted octanol–water partition coefficient (Wildman–Crippen LogP) is -0.322. The lowest BCUT2D eigenvalue weighted by Crippen LogP contribution is -2.51. The molecule has 2 aliphatic heterocycles. The minimum Gasteiger partial charge on any atom is -0.298 e. The van der Waals surface area contributed by atoms with Crippen LogP contribution in [-0.4, -0.2) is 50.2 Å². The predicted molar refractivity (Wildman–Crippen MR) is 45.2 cm³/mol. The van der Waals surface area contributed by atoms with Gasteiger partial charge in [0.05, 0.1) is 0 Å². The maximum atomic E-state index is 3.13. The van der Waals surface area contributed by atoms with Crippen molar-refractivity contribution in [2.45, 2.75) is 0 Å². The van der Waals surface area contributed by atoms with E-state index in [1.54, 1.807) is 11.1 Å². The van der Waals surface area contributed by atoms with Crippen molar-refractivity contribution in [3.8, 4) is 0 Å². The number of nitrogens with zero attached hydrogens (tertiary/aromatic N) is 2. The fourth-order valence-corrected chi connectivity index (χ4v) is 1.63. The average molecular weight is 153 g/mol. The van der Waals surface area contributed by atoms with E-state index in [2.05, 4.69) is 22.4 Å². The molecule has 0 aromatic rings. The second-order valence-electron chi connectivity index (χ2n) is 3.46. The van der Waals surface area contributed by atoms with Crippen molar-refractivity contribution in [2.75, 3.05) is 40.3 Å². The molecule has 0 radical (unpaired) electrons. The van der Waals surface area contributed by atoms with Gasteiger partial charge in [-0.15, -0.1) is 0 Å². The lowest BCUT2D eigenvalue weighted by molar-refractivity contribution is 0.173. The number of hydrogen-bond acceptors (Lipinski definition) is 3.